The van der Waals surface area contributed by atoms with Gasteiger partial charge in [-0.15, -0.1) is 0 Å². The highest BCUT2D eigenvalue weighted by molar-refractivity contribution is 7.90. The van der Waals surface area contributed by atoms with E-state index in [0.29, 0.717) is 12.0 Å². The number of esters is 1. The second-order valence-corrected chi connectivity index (χ2v) is 7.69. The summed E-state index contributed by atoms with van der Waals surface area (Å²) in [5, 5.41) is 2.57. The van der Waals surface area contributed by atoms with E-state index in [0.717, 1.165) is 0 Å². The molecule has 0 saturated carbocycles. The molecule has 9 heteroatoms. The first-order chi connectivity index (χ1) is 11.7. The molecule has 136 valence electrons. The molecule has 1 aromatic rings. The molecule has 0 bridgehead atoms. The third-order valence-electron chi connectivity index (χ3n) is 3.57. The number of nitrogens with one attached hydrogen (secondary N) is 2. The van der Waals surface area contributed by atoms with Crippen LogP contribution in [0.25, 0.3) is 0 Å². The van der Waals surface area contributed by atoms with Crippen molar-refractivity contribution in [2.24, 2.45) is 10.9 Å². The van der Waals surface area contributed by atoms with Crippen LogP contribution in [0.4, 0.5) is 0 Å². The third-order valence-corrected chi connectivity index (χ3v) is 4.97. The summed E-state index contributed by atoms with van der Waals surface area (Å²) in [5.74, 6) is -0.720. The molecule has 1 aromatic carbocycles. The lowest BCUT2D eigenvalue weighted by atomic mass is 10.0. The fraction of sp³-hybridized carbons (Fsp3) is 0.438. The van der Waals surface area contributed by atoms with Crippen molar-refractivity contribution >= 4 is 27.7 Å². The Hall–Kier alpha value is -2.42. The highest BCUT2D eigenvalue weighted by Gasteiger charge is 2.30. The van der Waals surface area contributed by atoms with Gasteiger partial charge in [0.05, 0.1) is 12.0 Å². The lowest BCUT2D eigenvalue weighted by Gasteiger charge is -2.17. The number of sulfonamides is 1. The lowest BCUT2D eigenvalue weighted by Crippen LogP contribution is -2.43. The second kappa shape index (κ2) is 7.64. The maximum absolute atomic E-state index is 12.1. The van der Waals surface area contributed by atoms with E-state index in [2.05, 4.69) is 19.8 Å². The Labute approximate surface area is 146 Å². The zero-order valence-electron chi connectivity index (χ0n) is 14.3. The predicted octanol–water partition coefficient (Wildman–Crippen LogP) is 0.429. The van der Waals surface area contributed by atoms with Crippen LogP contribution in [0.5, 0.6) is 0 Å². The molecule has 1 aliphatic heterocycles. The quantitative estimate of drug-likeness (QED) is 0.708. The summed E-state index contributed by atoms with van der Waals surface area (Å²) in [6, 6.07) is 5.62. The van der Waals surface area contributed by atoms with Gasteiger partial charge >= 0.3 is 5.97 Å². The van der Waals surface area contributed by atoms with E-state index in [-0.39, 0.29) is 23.2 Å². The molecule has 2 N–H and O–H groups in total. The van der Waals surface area contributed by atoms with Gasteiger partial charge in [0.2, 0.25) is 5.91 Å². The Morgan fingerprint density at radius 3 is 2.60 bits per heavy atom. The highest BCUT2D eigenvalue weighted by Crippen LogP contribution is 2.21. The van der Waals surface area contributed by atoms with Crippen molar-refractivity contribution in [3.63, 3.8) is 0 Å². The summed E-state index contributed by atoms with van der Waals surface area (Å²) >= 11 is 0. The van der Waals surface area contributed by atoms with Crippen LogP contribution in [-0.4, -0.2) is 45.8 Å². The van der Waals surface area contributed by atoms with E-state index in [1.54, 1.807) is 18.2 Å². The maximum Gasteiger partial charge on any atom is 0.328 e. The van der Waals surface area contributed by atoms with Gasteiger partial charge in [-0.25, -0.2) is 13.2 Å². The van der Waals surface area contributed by atoms with Gasteiger partial charge in [0, 0.05) is 5.56 Å². The molecule has 8 nitrogen and oxygen atoms in total. The normalized spacial score (nSPS) is 17.7. The van der Waals surface area contributed by atoms with E-state index in [1.165, 1.54) is 13.2 Å². The molecule has 1 heterocycles. The number of amides is 1. The third kappa shape index (κ3) is 4.56. The van der Waals surface area contributed by atoms with Crippen LogP contribution in [0.3, 0.4) is 0 Å². The van der Waals surface area contributed by atoms with E-state index >= 15 is 0 Å². The number of nitrogens with zero attached hydrogens (tertiary/aromatic N) is 1. The van der Waals surface area contributed by atoms with Crippen molar-refractivity contribution in [3.8, 4) is 0 Å². The molecule has 0 aromatic heterocycles. The van der Waals surface area contributed by atoms with Crippen LogP contribution < -0.4 is 10.0 Å². The van der Waals surface area contributed by atoms with Crippen LogP contribution >= 0.6 is 0 Å². The number of rotatable bonds is 6. The smallest absolute Gasteiger partial charge is 0.328 e. The van der Waals surface area contributed by atoms with E-state index < -0.39 is 27.9 Å². The summed E-state index contributed by atoms with van der Waals surface area (Å²) in [6.07, 6.45) is 0.435. The second-order valence-electron chi connectivity index (χ2n) is 6.04. The van der Waals surface area contributed by atoms with Crippen LogP contribution in [0.15, 0.2) is 34.2 Å². The van der Waals surface area contributed by atoms with E-state index in [4.69, 9.17) is 0 Å². The van der Waals surface area contributed by atoms with Crippen LogP contribution in [-0.2, 0) is 24.3 Å². The number of methoxy groups -OCH3 is 1. The van der Waals surface area contributed by atoms with Crippen molar-refractivity contribution < 1.29 is 22.7 Å². The Balaban J connectivity index is 2.09. The first-order valence-corrected chi connectivity index (χ1v) is 9.26. The minimum absolute atomic E-state index is 0.115. The summed E-state index contributed by atoms with van der Waals surface area (Å²) in [5.41, 5.74) is 0.419. The Bertz CT molecular complexity index is 802. The van der Waals surface area contributed by atoms with Crippen LogP contribution in [0.2, 0.25) is 0 Å². The molecule has 0 aliphatic carbocycles. The molecule has 0 unspecified atom stereocenters. The molecule has 2 rings (SSSR count). The van der Waals surface area contributed by atoms with Gasteiger partial charge in [-0.2, -0.15) is 0 Å². The molecule has 25 heavy (non-hydrogen) atoms. The summed E-state index contributed by atoms with van der Waals surface area (Å²) in [7, 11) is -2.39. The Kier molecular flexibility index (Phi) is 5.78. The lowest BCUT2D eigenvalue weighted by molar-refractivity contribution is -0.145. The van der Waals surface area contributed by atoms with Gasteiger partial charge in [0.1, 0.15) is 18.4 Å². The number of ether oxygens (including phenoxy) is 1. The molecule has 1 amide bonds. The monoisotopic (exact) mass is 367 g/mol. The minimum atomic E-state index is -3.65. The summed E-state index contributed by atoms with van der Waals surface area (Å²) < 4.78 is 31.0. The molecule has 0 saturated heterocycles. The SMILES string of the molecule is COC(=O)[C@H](CC(C)C)NC(=O)CN=C1NS(=O)(=O)c2ccccc21. The first-order valence-electron chi connectivity index (χ1n) is 7.78. The van der Waals surface area contributed by atoms with Crippen LogP contribution in [0, 0.1) is 5.92 Å². The molecule has 1 atom stereocenters. The van der Waals surface area contributed by atoms with Crippen molar-refractivity contribution in [3.05, 3.63) is 29.8 Å². The Morgan fingerprint density at radius 2 is 1.96 bits per heavy atom. The summed E-state index contributed by atoms with van der Waals surface area (Å²) in [4.78, 5) is 28.0. The fourth-order valence-corrected chi connectivity index (χ4v) is 3.72. The topological polar surface area (TPSA) is 114 Å². The van der Waals surface area contributed by atoms with Gasteiger partial charge in [0.15, 0.2) is 0 Å². The standard InChI is InChI=1S/C16H21N3O5S/c1-10(2)8-12(16(21)24-3)18-14(20)9-17-15-11-6-4-5-7-13(11)25(22,23)19-15/h4-7,10,12H,8-9H2,1-3H3,(H,17,19)(H,18,20)/t12-/m0/s1. The number of fused-ring (bicyclic) bond motifs is 1. The number of benzene rings is 1. The number of amidine groups is 1. The van der Waals surface area contributed by atoms with Gasteiger partial charge < -0.3 is 10.1 Å². The summed E-state index contributed by atoms with van der Waals surface area (Å²) in [6.45, 7) is 3.54. The Morgan fingerprint density at radius 1 is 1.28 bits per heavy atom. The average Bonchev–Trinajstić information content (AvgIpc) is 2.82. The van der Waals surface area contributed by atoms with Gasteiger partial charge in [-0.05, 0) is 24.5 Å². The van der Waals surface area contributed by atoms with Crippen molar-refractivity contribution in [1.29, 1.82) is 0 Å². The minimum Gasteiger partial charge on any atom is -0.467 e. The number of hydrogen-bond donors (Lipinski definition) is 2. The van der Waals surface area contributed by atoms with Gasteiger partial charge in [-0.3, -0.25) is 14.5 Å². The zero-order chi connectivity index (χ0) is 18.6. The zero-order valence-corrected chi connectivity index (χ0v) is 15.1. The highest BCUT2D eigenvalue weighted by atomic mass is 32.2. The predicted molar refractivity (Wildman–Crippen MR) is 91.6 cm³/mol. The number of hydrogen-bond acceptors (Lipinski definition) is 6. The van der Waals surface area contributed by atoms with Crippen molar-refractivity contribution in [2.45, 2.75) is 31.2 Å². The average molecular weight is 367 g/mol. The van der Waals surface area contributed by atoms with E-state index in [9.17, 15) is 18.0 Å². The van der Waals surface area contributed by atoms with Crippen molar-refractivity contribution in [1.82, 2.24) is 10.0 Å². The fourth-order valence-electron chi connectivity index (χ4n) is 2.47. The molecule has 0 fully saturated rings. The first kappa shape index (κ1) is 18.9. The number of aliphatic imine (C=N–C) groups is 1. The maximum atomic E-state index is 12.1. The number of carbonyl (C=O) groups is 2. The molecule has 0 spiro atoms. The van der Waals surface area contributed by atoms with E-state index in [1.807, 2.05) is 13.8 Å². The number of carbonyl (C=O) groups excluding carboxylic acids is 2. The van der Waals surface area contributed by atoms with Crippen LogP contribution in [0.1, 0.15) is 25.8 Å². The van der Waals surface area contributed by atoms with Gasteiger partial charge in [-0.1, -0.05) is 26.0 Å². The molecular formula is C16H21N3O5S. The molecular weight excluding hydrogens is 346 g/mol. The van der Waals surface area contributed by atoms with Gasteiger partial charge in [0.25, 0.3) is 10.0 Å². The van der Waals surface area contributed by atoms with Crippen molar-refractivity contribution in [2.75, 3.05) is 13.7 Å². The molecule has 1 aliphatic rings. The largest absolute Gasteiger partial charge is 0.467 e. The molecule has 0 radical (unpaired) electrons.